The largest absolute Gasteiger partial charge is 0.0837 e. The molecule has 0 amide bonds. The molecule has 0 aliphatic rings. The standard InChI is InChI=1S/C11H9Cl/c1-8-4-2-6-10-9(8)5-3-7-11(10)12/h2-7H,1H3. The van der Waals surface area contributed by atoms with Crippen LogP contribution in [-0.4, -0.2) is 0 Å². The molecule has 0 atom stereocenters. The first kappa shape index (κ1) is 7.63. The van der Waals surface area contributed by atoms with Gasteiger partial charge in [0, 0.05) is 10.4 Å². The zero-order chi connectivity index (χ0) is 8.55. The van der Waals surface area contributed by atoms with Crippen molar-refractivity contribution in [2.75, 3.05) is 0 Å². The van der Waals surface area contributed by atoms with Crippen molar-refractivity contribution in [2.24, 2.45) is 0 Å². The van der Waals surface area contributed by atoms with Crippen LogP contribution in [0.4, 0.5) is 0 Å². The first-order valence-electron chi connectivity index (χ1n) is 3.93. The Morgan fingerprint density at radius 1 is 0.917 bits per heavy atom. The van der Waals surface area contributed by atoms with Crippen molar-refractivity contribution >= 4 is 22.4 Å². The van der Waals surface area contributed by atoms with E-state index in [0.717, 1.165) is 10.4 Å². The van der Waals surface area contributed by atoms with Crippen LogP contribution in [0.3, 0.4) is 0 Å². The van der Waals surface area contributed by atoms with Gasteiger partial charge < -0.3 is 0 Å². The Morgan fingerprint density at radius 2 is 1.58 bits per heavy atom. The summed E-state index contributed by atoms with van der Waals surface area (Å²) in [4.78, 5) is 0. The average molecular weight is 177 g/mol. The third kappa shape index (κ3) is 1.09. The second-order valence-electron chi connectivity index (χ2n) is 2.91. The Bertz CT molecular complexity index is 377. The maximum Gasteiger partial charge on any atom is 0.0484 e. The molecule has 60 valence electrons. The summed E-state index contributed by atoms with van der Waals surface area (Å²) in [6.07, 6.45) is 0. The molecule has 0 unspecified atom stereocenters. The number of aryl methyl sites for hydroxylation is 1. The molecule has 0 aliphatic carbocycles. The maximum absolute atomic E-state index is 6.03. The van der Waals surface area contributed by atoms with Gasteiger partial charge in [-0.15, -0.1) is 0 Å². The van der Waals surface area contributed by atoms with E-state index in [1.807, 2.05) is 24.3 Å². The summed E-state index contributed by atoms with van der Waals surface area (Å²) in [6.45, 7) is 2.10. The number of hydrogen-bond acceptors (Lipinski definition) is 0. The van der Waals surface area contributed by atoms with Gasteiger partial charge >= 0.3 is 0 Å². The summed E-state index contributed by atoms with van der Waals surface area (Å²) in [5, 5.41) is 3.21. The lowest BCUT2D eigenvalue weighted by molar-refractivity contribution is 1.53. The minimum atomic E-state index is 0.830. The van der Waals surface area contributed by atoms with E-state index in [2.05, 4.69) is 19.1 Å². The van der Waals surface area contributed by atoms with Crippen LogP contribution in [0.1, 0.15) is 5.56 Å². The summed E-state index contributed by atoms with van der Waals surface area (Å²) in [7, 11) is 0. The van der Waals surface area contributed by atoms with Crippen molar-refractivity contribution in [1.82, 2.24) is 0 Å². The van der Waals surface area contributed by atoms with E-state index in [-0.39, 0.29) is 0 Å². The van der Waals surface area contributed by atoms with Crippen LogP contribution < -0.4 is 0 Å². The fourth-order valence-corrected chi connectivity index (χ4v) is 1.67. The highest BCUT2D eigenvalue weighted by molar-refractivity contribution is 6.35. The van der Waals surface area contributed by atoms with Crippen molar-refractivity contribution in [3.8, 4) is 0 Å². The zero-order valence-electron chi connectivity index (χ0n) is 6.84. The van der Waals surface area contributed by atoms with Gasteiger partial charge in [0.05, 0.1) is 0 Å². The first-order chi connectivity index (χ1) is 5.79. The quantitative estimate of drug-likeness (QED) is 0.573. The summed E-state index contributed by atoms with van der Waals surface area (Å²) >= 11 is 6.03. The molecule has 0 aromatic heterocycles. The minimum Gasteiger partial charge on any atom is -0.0837 e. The fourth-order valence-electron chi connectivity index (χ4n) is 1.43. The topological polar surface area (TPSA) is 0 Å². The van der Waals surface area contributed by atoms with Gasteiger partial charge in [0.25, 0.3) is 0 Å². The van der Waals surface area contributed by atoms with Crippen LogP contribution in [0.25, 0.3) is 10.8 Å². The number of halogens is 1. The Hall–Kier alpha value is -1.01. The minimum absolute atomic E-state index is 0.830. The highest BCUT2D eigenvalue weighted by Crippen LogP contribution is 2.24. The lowest BCUT2D eigenvalue weighted by Crippen LogP contribution is -1.77. The molecule has 2 rings (SSSR count). The molecule has 0 N–H and O–H groups in total. The van der Waals surface area contributed by atoms with Crippen molar-refractivity contribution < 1.29 is 0 Å². The highest BCUT2D eigenvalue weighted by Gasteiger charge is 1.98. The summed E-state index contributed by atoms with van der Waals surface area (Å²) < 4.78 is 0. The molecule has 0 saturated heterocycles. The second kappa shape index (κ2) is 2.80. The lowest BCUT2D eigenvalue weighted by atomic mass is 10.1. The molecule has 0 aliphatic heterocycles. The Morgan fingerprint density at radius 3 is 2.33 bits per heavy atom. The third-order valence-corrected chi connectivity index (χ3v) is 2.42. The van der Waals surface area contributed by atoms with Crippen molar-refractivity contribution in [3.05, 3.63) is 47.0 Å². The monoisotopic (exact) mass is 176 g/mol. The molecule has 12 heavy (non-hydrogen) atoms. The van der Waals surface area contributed by atoms with E-state index < -0.39 is 0 Å². The van der Waals surface area contributed by atoms with Crippen LogP contribution >= 0.6 is 11.6 Å². The van der Waals surface area contributed by atoms with Gasteiger partial charge in [0.15, 0.2) is 0 Å². The smallest absolute Gasteiger partial charge is 0.0484 e. The molecule has 2 aromatic rings. The molecule has 0 radical (unpaired) electrons. The van der Waals surface area contributed by atoms with E-state index in [0.29, 0.717) is 0 Å². The average Bonchev–Trinajstić information content (AvgIpc) is 2.07. The van der Waals surface area contributed by atoms with Gasteiger partial charge in [-0.25, -0.2) is 0 Å². The van der Waals surface area contributed by atoms with Gasteiger partial charge in [-0.05, 0) is 23.9 Å². The van der Waals surface area contributed by atoms with E-state index in [9.17, 15) is 0 Å². The molecule has 0 heterocycles. The second-order valence-corrected chi connectivity index (χ2v) is 3.32. The molecule has 2 aromatic carbocycles. The zero-order valence-corrected chi connectivity index (χ0v) is 7.60. The normalized spacial score (nSPS) is 10.5. The molecule has 0 saturated carbocycles. The summed E-state index contributed by atoms with van der Waals surface area (Å²) in [5.41, 5.74) is 1.27. The maximum atomic E-state index is 6.03. The predicted octanol–water partition coefficient (Wildman–Crippen LogP) is 3.80. The molecule has 1 heteroatoms. The predicted molar refractivity (Wildman–Crippen MR) is 53.7 cm³/mol. The van der Waals surface area contributed by atoms with Crippen LogP contribution in [0.2, 0.25) is 5.02 Å². The number of fused-ring (bicyclic) bond motifs is 1. The molecular weight excluding hydrogens is 168 g/mol. The van der Waals surface area contributed by atoms with Crippen molar-refractivity contribution in [1.29, 1.82) is 0 Å². The third-order valence-electron chi connectivity index (χ3n) is 2.09. The number of rotatable bonds is 0. The molecule has 0 fully saturated rings. The molecule has 0 nitrogen and oxygen atoms in total. The van der Waals surface area contributed by atoms with Gasteiger partial charge in [-0.3, -0.25) is 0 Å². The van der Waals surface area contributed by atoms with Gasteiger partial charge in [-0.1, -0.05) is 41.9 Å². The molecule has 0 bridgehead atoms. The van der Waals surface area contributed by atoms with Gasteiger partial charge in [0.1, 0.15) is 0 Å². The number of hydrogen-bond donors (Lipinski definition) is 0. The van der Waals surface area contributed by atoms with Crippen molar-refractivity contribution in [2.45, 2.75) is 6.92 Å². The summed E-state index contributed by atoms with van der Waals surface area (Å²) in [5.74, 6) is 0. The van der Waals surface area contributed by atoms with Crippen LogP contribution in [-0.2, 0) is 0 Å². The van der Waals surface area contributed by atoms with E-state index in [4.69, 9.17) is 11.6 Å². The Labute approximate surface area is 76.8 Å². The van der Waals surface area contributed by atoms with Crippen LogP contribution in [0.15, 0.2) is 36.4 Å². The van der Waals surface area contributed by atoms with Gasteiger partial charge in [-0.2, -0.15) is 0 Å². The van der Waals surface area contributed by atoms with E-state index in [1.54, 1.807) is 0 Å². The lowest BCUT2D eigenvalue weighted by Gasteiger charge is -2.02. The van der Waals surface area contributed by atoms with E-state index >= 15 is 0 Å². The molecule has 0 spiro atoms. The Kier molecular flexibility index (Phi) is 1.78. The Balaban J connectivity index is 2.94. The van der Waals surface area contributed by atoms with E-state index in [1.165, 1.54) is 10.9 Å². The van der Waals surface area contributed by atoms with Crippen molar-refractivity contribution in [3.63, 3.8) is 0 Å². The fraction of sp³-hybridized carbons (Fsp3) is 0.0909. The SMILES string of the molecule is Cc1cccc2c(Cl)cccc12. The highest BCUT2D eigenvalue weighted by atomic mass is 35.5. The van der Waals surface area contributed by atoms with Gasteiger partial charge in [0.2, 0.25) is 0 Å². The summed E-state index contributed by atoms with van der Waals surface area (Å²) in [6, 6.07) is 12.2. The first-order valence-corrected chi connectivity index (χ1v) is 4.30. The van der Waals surface area contributed by atoms with Crippen LogP contribution in [0, 0.1) is 6.92 Å². The number of benzene rings is 2. The van der Waals surface area contributed by atoms with Crippen LogP contribution in [0.5, 0.6) is 0 Å². The molecular formula is C11H9Cl.